The lowest BCUT2D eigenvalue weighted by atomic mass is 10.1. The van der Waals surface area contributed by atoms with Crippen molar-refractivity contribution in [3.8, 4) is 0 Å². The van der Waals surface area contributed by atoms with Gasteiger partial charge in [-0.25, -0.2) is 4.98 Å². The number of nitrogens with zero attached hydrogens (tertiary/aromatic N) is 2. The number of anilines is 1. The Hall–Kier alpha value is -0.0300. The molecule has 18 heavy (non-hydrogen) atoms. The highest BCUT2D eigenvalue weighted by atomic mass is 35.5. The molecule has 0 radical (unpaired) electrons. The van der Waals surface area contributed by atoms with Crippen molar-refractivity contribution in [1.29, 1.82) is 0 Å². The molecule has 6 heteroatoms. The third kappa shape index (κ3) is 3.98. The smallest absolute Gasteiger partial charge is 0.187 e. The van der Waals surface area contributed by atoms with Gasteiger partial charge in [-0.1, -0.05) is 36.8 Å². The summed E-state index contributed by atoms with van der Waals surface area (Å²) in [4.78, 5) is 7.63. The zero-order chi connectivity index (χ0) is 13.5. The van der Waals surface area contributed by atoms with E-state index in [4.69, 9.17) is 27.9 Å². The second kappa shape index (κ2) is 8.20. The van der Waals surface area contributed by atoms with E-state index in [1.54, 1.807) is 18.4 Å². The fourth-order valence-corrected chi connectivity index (χ4v) is 3.45. The first-order valence-electron chi connectivity index (χ1n) is 6.14. The summed E-state index contributed by atoms with van der Waals surface area (Å²) in [6.07, 6.45) is 2.15. The number of ether oxygens (including phenoxy) is 1. The fraction of sp³-hybridized carbons (Fsp3) is 0.750. The Bertz CT molecular complexity index is 356. The first kappa shape index (κ1) is 16.0. The van der Waals surface area contributed by atoms with E-state index in [-0.39, 0.29) is 0 Å². The van der Waals surface area contributed by atoms with Crippen molar-refractivity contribution in [3.63, 3.8) is 0 Å². The van der Waals surface area contributed by atoms with Crippen LogP contribution in [-0.4, -0.2) is 31.3 Å². The first-order valence-corrected chi connectivity index (χ1v) is 7.87. The van der Waals surface area contributed by atoms with Gasteiger partial charge in [-0.2, -0.15) is 0 Å². The highest BCUT2D eigenvalue weighted by Crippen LogP contribution is 2.32. The van der Waals surface area contributed by atoms with Crippen LogP contribution in [0.5, 0.6) is 0 Å². The molecule has 0 fully saturated rings. The maximum absolute atomic E-state index is 6.07. The van der Waals surface area contributed by atoms with Crippen LogP contribution in [0.2, 0.25) is 5.15 Å². The number of alkyl halides is 1. The number of hydrogen-bond acceptors (Lipinski definition) is 4. The third-order valence-corrected chi connectivity index (χ3v) is 4.87. The topological polar surface area (TPSA) is 25.4 Å². The number of methoxy groups -OCH3 is 1. The Morgan fingerprint density at radius 1 is 1.39 bits per heavy atom. The van der Waals surface area contributed by atoms with Gasteiger partial charge in [-0.3, -0.25) is 0 Å². The van der Waals surface area contributed by atoms with Crippen molar-refractivity contribution in [2.45, 2.75) is 38.6 Å². The molecule has 0 aliphatic heterocycles. The number of rotatable bonds is 8. The van der Waals surface area contributed by atoms with Crippen molar-refractivity contribution in [3.05, 3.63) is 10.0 Å². The van der Waals surface area contributed by atoms with Crippen LogP contribution in [0.15, 0.2) is 0 Å². The normalized spacial score (nSPS) is 11.2. The zero-order valence-electron chi connectivity index (χ0n) is 11.1. The van der Waals surface area contributed by atoms with Gasteiger partial charge >= 0.3 is 0 Å². The molecule has 1 aromatic rings. The standard InChI is InChI=1S/C12H20Cl2N2OS/c1-4-9(5-2)16(6-7-17-3)12-15-11(14)10(8-13)18-12/h9H,4-8H2,1-3H3. The fourth-order valence-electron chi connectivity index (χ4n) is 1.88. The van der Waals surface area contributed by atoms with Crippen LogP contribution < -0.4 is 4.90 Å². The Balaban J connectivity index is 2.92. The Morgan fingerprint density at radius 2 is 2.06 bits per heavy atom. The molecule has 1 aromatic heterocycles. The quantitative estimate of drug-likeness (QED) is 0.674. The van der Waals surface area contributed by atoms with E-state index >= 15 is 0 Å². The molecule has 0 unspecified atom stereocenters. The third-order valence-electron chi connectivity index (χ3n) is 2.93. The van der Waals surface area contributed by atoms with Crippen LogP contribution >= 0.6 is 34.5 Å². The van der Waals surface area contributed by atoms with Crippen LogP contribution in [0.1, 0.15) is 31.6 Å². The minimum atomic E-state index is 0.414. The molecule has 1 heterocycles. The predicted molar refractivity (Wildman–Crippen MR) is 80.3 cm³/mol. The average Bonchev–Trinajstić information content (AvgIpc) is 2.75. The summed E-state index contributed by atoms with van der Waals surface area (Å²) >= 11 is 13.5. The zero-order valence-corrected chi connectivity index (χ0v) is 13.4. The van der Waals surface area contributed by atoms with E-state index in [1.165, 1.54) is 0 Å². The summed E-state index contributed by atoms with van der Waals surface area (Å²) < 4.78 is 5.17. The summed E-state index contributed by atoms with van der Waals surface area (Å²) in [7, 11) is 1.71. The lowest BCUT2D eigenvalue weighted by Gasteiger charge is -2.29. The molecule has 1 rings (SSSR count). The van der Waals surface area contributed by atoms with Crippen LogP contribution in [0, 0.1) is 0 Å². The summed E-state index contributed by atoms with van der Waals surface area (Å²) in [6.45, 7) is 5.88. The van der Waals surface area contributed by atoms with Gasteiger partial charge in [0, 0.05) is 19.7 Å². The summed E-state index contributed by atoms with van der Waals surface area (Å²) in [5.41, 5.74) is 0. The van der Waals surface area contributed by atoms with E-state index in [0.29, 0.717) is 23.7 Å². The maximum Gasteiger partial charge on any atom is 0.187 e. The second-order valence-electron chi connectivity index (χ2n) is 4.00. The molecule has 0 saturated heterocycles. The van der Waals surface area contributed by atoms with Gasteiger partial charge in [0.1, 0.15) is 5.15 Å². The van der Waals surface area contributed by atoms with Gasteiger partial charge in [0.15, 0.2) is 5.13 Å². The van der Waals surface area contributed by atoms with Gasteiger partial charge in [0.05, 0.1) is 17.4 Å². The molecular formula is C12H20Cl2N2OS. The largest absolute Gasteiger partial charge is 0.383 e. The molecule has 0 aromatic carbocycles. The van der Waals surface area contributed by atoms with Crippen LogP contribution in [0.4, 0.5) is 5.13 Å². The van der Waals surface area contributed by atoms with E-state index in [9.17, 15) is 0 Å². The highest BCUT2D eigenvalue weighted by Gasteiger charge is 2.20. The van der Waals surface area contributed by atoms with Crippen molar-refractivity contribution >= 4 is 39.7 Å². The second-order valence-corrected chi connectivity index (χ2v) is 5.69. The van der Waals surface area contributed by atoms with Gasteiger partial charge in [-0.15, -0.1) is 11.6 Å². The molecule has 0 spiro atoms. The number of hydrogen-bond donors (Lipinski definition) is 0. The van der Waals surface area contributed by atoms with Crippen molar-refractivity contribution in [1.82, 2.24) is 4.98 Å². The van der Waals surface area contributed by atoms with Crippen LogP contribution in [0.3, 0.4) is 0 Å². The molecule has 0 saturated carbocycles. The molecule has 0 atom stereocenters. The minimum absolute atomic E-state index is 0.414. The lowest BCUT2D eigenvalue weighted by molar-refractivity contribution is 0.202. The van der Waals surface area contributed by atoms with Crippen molar-refractivity contribution in [2.75, 3.05) is 25.2 Å². The first-order chi connectivity index (χ1) is 8.67. The molecule has 0 aliphatic carbocycles. The van der Waals surface area contributed by atoms with Gasteiger partial charge in [0.25, 0.3) is 0 Å². The van der Waals surface area contributed by atoms with Gasteiger partial charge in [-0.05, 0) is 12.8 Å². The molecule has 0 aliphatic rings. The molecule has 3 nitrogen and oxygen atoms in total. The number of thiazole rings is 1. The molecule has 104 valence electrons. The van der Waals surface area contributed by atoms with E-state index in [0.717, 1.165) is 29.4 Å². The molecule has 0 amide bonds. The molecular weight excluding hydrogens is 291 g/mol. The molecule has 0 N–H and O–H groups in total. The van der Waals surface area contributed by atoms with E-state index in [1.807, 2.05) is 0 Å². The van der Waals surface area contributed by atoms with Gasteiger partial charge < -0.3 is 9.64 Å². The molecule has 0 bridgehead atoms. The average molecular weight is 311 g/mol. The van der Waals surface area contributed by atoms with Crippen molar-refractivity contribution < 1.29 is 4.74 Å². The number of halogens is 2. The summed E-state index contributed by atoms with van der Waals surface area (Å²) in [5.74, 6) is 0.414. The SMILES string of the molecule is CCC(CC)N(CCOC)c1nc(Cl)c(CCl)s1. The Morgan fingerprint density at radius 3 is 2.50 bits per heavy atom. The lowest BCUT2D eigenvalue weighted by Crippen LogP contribution is -2.37. The van der Waals surface area contributed by atoms with Crippen LogP contribution in [0.25, 0.3) is 0 Å². The predicted octanol–water partition coefficient (Wildman–Crippen LogP) is 4.18. The monoisotopic (exact) mass is 310 g/mol. The highest BCUT2D eigenvalue weighted by molar-refractivity contribution is 7.16. The van der Waals surface area contributed by atoms with Crippen LogP contribution in [-0.2, 0) is 10.6 Å². The van der Waals surface area contributed by atoms with Crippen molar-refractivity contribution in [2.24, 2.45) is 0 Å². The number of aromatic nitrogens is 1. The van der Waals surface area contributed by atoms with E-state index in [2.05, 4.69) is 23.7 Å². The summed E-state index contributed by atoms with van der Waals surface area (Å²) in [6, 6.07) is 0.463. The Labute approximate surface area is 123 Å². The minimum Gasteiger partial charge on any atom is -0.383 e. The Kier molecular flexibility index (Phi) is 7.30. The maximum atomic E-state index is 6.07. The van der Waals surface area contributed by atoms with Gasteiger partial charge in [0.2, 0.25) is 0 Å². The van der Waals surface area contributed by atoms with E-state index < -0.39 is 0 Å². The summed E-state index contributed by atoms with van der Waals surface area (Å²) in [5, 5.41) is 1.47.